The van der Waals surface area contributed by atoms with E-state index in [1.54, 1.807) is 12.1 Å². The molecule has 1 aromatic carbocycles. The second-order valence-corrected chi connectivity index (χ2v) is 6.21. The third-order valence-corrected chi connectivity index (χ3v) is 5.55. The first-order chi connectivity index (χ1) is 6.59. The monoisotopic (exact) mass is 311 g/mol. The predicted molar refractivity (Wildman–Crippen MR) is 64.2 cm³/mol. The standard InChI is InChI=1S/C9H6BrCl2OS/c10-9-6(11)3-5(4-7(9)12)8-1-2-14(8)13/h1,3-4,8H,2H2. The molecule has 1 fully saturated rings. The van der Waals surface area contributed by atoms with Gasteiger partial charge < -0.3 is 4.55 Å². The highest BCUT2D eigenvalue weighted by molar-refractivity contribution is 9.10. The van der Waals surface area contributed by atoms with E-state index in [4.69, 9.17) is 23.2 Å². The highest BCUT2D eigenvalue weighted by Gasteiger charge is 2.35. The second kappa shape index (κ2) is 4.22. The van der Waals surface area contributed by atoms with Crippen LogP contribution < -0.4 is 0 Å². The van der Waals surface area contributed by atoms with Crippen LogP contribution in [0.3, 0.4) is 0 Å². The van der Waals surface area contributed by atoms with Gasteiger partial charge >= 0.3 is 0 Å². The molecule has 0 N–H and O–H groups in total. The topological polar surface area (TPSA) is 23.1 Å². The summed E-state index contributed by atoms with van der Waals surface area (Å²) in [6.45, 7) is 0. The summed E-state index contributed by atoms with van der Waals surface area (Å²) in [6, 6.07) is 3.60. The molecule has 1 saturated heterocycles. The lowest BCUT2D eigenvalue weighted by Crippen LogP contribution is -2.29. The number of halogens is 3. The highest BCUT2D eigenvalue weighted by atomic mass is 79.9. The second-order valence-electron chi connectivity index (χ2n) is 3.00. The Morgan fingerprint density at radius 3 is 2.29 bits per heavy atom. The average molecular weight is 313 g/mol. The van der Waals surface area contributed by atoms with Gasteiger partial charge in [0.1, 0.15) is 11.0 Å². The van der Waals surface area contributed by atoms with Gasteiger partial charge in [0, 0.05) is 5.56 Å². The lowest BCUT2D eigenvalue weighted by molar-refractivity contribution is 0.576. The molecule has 1 aliphatic rings. The fraction of sp³-hybridized carbons (Fsp3) is 0.222. The quantitative estimate of drug-likeness (QED) is 0.572. The summed E-state index contributed by atoms with van der Waals surface area (Å²) in [7, 11) is 0. The van der Waals surface area contributed by atoms with Gasteiger partial charge in [-0.3, -0.25) is 0 Å². The van der Waals surface area contributed by atoms with Crippen molar-refractivity contribution in [2.75, 3.05) is 5.75 Å². The normalized spacial score (nSPS) is 26.0. The van der Waals surface area contributed by atoms with Crippen LogP contribution in [0.4, 0.5) is 0 Å². The number of rotatable bonds is 1. The van der Waals surface area contributed by atoms with Crippen LogP contribution in [0.5, 0.6) is 0 Å². The molecule has 2 unspecified atom stereocenters. The predicted octanol–water partition coefficient (Wildman–Crippen LogP) is 3.76. The van der Waals surface area contributed by atoms with Gasteiger partial charge in [0.25, 0.3) is 0 Å². The zero-order valence-corrected chi connectivity index (χ0v) is 10.9. The number of benzene rings is 1. The van der Waals surface area contributed by atoms with Gasteiger partial charge in [-0.2, -0.15) is 0 Å². The van der Waals surface area contributed by atoms with Gasteiger partial charge in [0.2, 0.25) is 0 Å². The Kier molecular flexibility index (Phi) is 3.34. The van der Waals surface area contributed by atoms with Crippen LogP contribution >= 0.6 is 39.1 Å². The molecule has 2 atom stereocenters. The number of hydrogen-bond donors (Lipinski definition) is 0. The van der Waals surface area contributed by atoms with Crippen LogP contribution in [0.1, 0.15) is 10.8 Å². The Balaban J connectivity index is 2.35. The van der Waals surface area contributed by atoms with Gasteiger partial charge in [-0.05, 0) is 39.2 Å². The largest absolute Gasteiger partial charge is 0.616 e. The fourth-order valence-corrected chi connectivity index (χ4v) is 3.01. The van der Waals surface area contributed by atoms with E-state index < -0.39 is 11.2 Å². The molecule has 75 valence electrons. The van der Waals surface area contributed by atoms with E-state index >= 15 is 0 Å². The van der Waals surface area contributed by atoms with Gasteiger partial charge in [-0.15, -0.1) is 0 Å². The van der Waals surface area contributed by atoms with Crippen LogP contribution in [0, 0.1) is 6.42 Å². The van der Waals surface area contributed by atoms with Crippen LogP contribution in [0.15, 0.2) is 16.6 Å². The summed E-state index contributed by atoms with van der Waals surface area (Å²) in [5, 5.41) is 1.12. The van der Waals surface area contributed by atoms with Crippen molar-refractivity contribution < 1.29 is 4.55 Å². The van der Waals surface area contributed by atoms with Crippen molar-refractivity contribution >= 4 is 50.3 Å². The lowest BCUT2D eigenvalue weighted by atomic mass is 10.1. The van der Waals surface area contributed by atoms with Crippen molar-refractivity contribution in [1.82, 2.24) is 0 Å². The van der Waals surface area contributed by atoms with E-state index in [2.05, 4.69) is 15.9 Å². The van der Waals surface area contributed by atoms with Gasteiger partial charge in [-0.1, -0.05) is 23.2 Å². The third kappa shape index (κ3) is 1.93. The molecular formula is C9H6BrCl2OS. The molecular weight excluding hydrogens is 307 g/mol. The molecule has 1 aromatic rings. The smallest absolute Gasteiger partial charge is 0.148 e. The SMILES string of the molecule is [O-][S+]1C[CH]C1c1cc(Cl)c(Br)c(Cl)c1. The van der Waals surface area contributed by atoms with E-state index in [0.29, 0.717) is 20.3 Å². The first kappa shape index (κ1) is 11.1. The Bertz CT molecular complexity index is 349. The molecule has 1 radical (unpaired) electrons. The minimum Gasteiger partial charge on any atom is -0.616 e. The van der Waals surface area contributed by atoms with Crippen molar-refractivity contribution in [3.8, 4) is 0 Å². The fourth-order valence-electron chi connectivity index (χ4n) is 1.30. The Morgan fingerprint density at radius 1 is 1.36 bits per heavy atom. The van der Waals surface area contributed by atoms with Gasteiger partial charge in [0.15, 0.2) is 0 Å². The summed E-state index contributed by atoms with van der Waals surface area (Å²) >= 11 is 14.4. The summed E-state index contributed by atoms with van der Waals surface area (Å²) in [5.41, 5.74) is 0.924. The van der Waals surface area contributed by atoms with Gasteiger partial charge in [-0.25, -0.2) is 0 Å². The van der Waals surface area contributed by atoms with Crippen molar-refractivity contribution in [2.45, 2.75) is 5.25 Å². The lowest BCUT2D eigenvalue weighted by Gasteiger charge is -2.30. The van der Waals surface area contributed by atoms with Gasteiger partial charge in [0.05, 0.1) is 20.9 Å². The Labute approximate surface area is 104 Å². The van der Waals surface area contributed by atoms with Crippen LogP contribution in [0.2, 0.25) is 10.0 Å². The summed E-state index contributed by atoms with van der Waals surface area (Å²) < 4.78 is 12.0. The summed E-state index contributed by atoms with van der Waals surface area (Å²) in [5.74, 6) is 0.663. The third-order valence-electron chi connectivity index (χ3n) is 2.09. The molecule has 0 aliphatic carbocycles. The molecule has 0 amide bonds. The summed E-state index contributed by atoms with van der Waals surface area (Å²) in [4.78, 5) is 0. The maximum atomic E-state index is 11.3. The molecule has 5 heteroatoms. The van der Waals surface area contributed by atoms with E-state index in [1.807, 2.05) is 6.42 Å². The molecule has 2 rings (SSSR count). The Morgan fingerprint density at radius 2 is 1.93 bits per heavy atom. The first-order valence-corrected chi connectivity index (χ1v) is 6.87. The van der Waals surface area contributed by atoms with Crippen LogP contribution in [-0.2, 0) is 11.2 Å². The molecule has 0 spiro atoms. The van der Waals surface area contributed by atoms with Crippen molar-refractivity contribution in [3.05, 3.63) is 38.6 Å². The van der Waals surface area contributed by atoms with E-state index in [1.165, 1.54) is 0 Å². The van der Waals surface area contributed by atoms with Crippen molar-refractivity contribution in [3.63, 3.8) is 0 Å². The minimum atomic E-state index is -0.792. The minimum absolute atomic E-state index is 0.00176. The van der Waals surface area contributed by atoms with E-state index in [-0.39, 0.29) is 5.25 Å². The molecule has 1 heterocycles. The average Bonchev–Trinajstić information content (AvgIpc) is 2.11. The van der Waals surface area contributed by atoms with Crippen molar-refractivity contribution in [2.24, 2.45) is 0 Å². The van der Waals surface area contributed by atoms with E-state index in [9.17, 15) is 4.55 Å². The molecule has 1 nitrogen and oxygen atoms in total. The summed E-state index contributed by atoms with van der Waals surface area (Å²) in [6.07, 6.45) is 2.01. The molecule has 0 bridgehead atoms. The number of hydrogen-bond acceptors (Lipinski definition) is 1. The molecule has 1 aliphatic heterocycles. The Hall–Kier alpha value is 0.590. The molecule has 0 saturated carbocycles. The molecule has 14 heavy (non-hydrogen) atoms. The zero-order chi connectivity index (χ0) is 10.3. The van der Waals surface area contributed by atoms with Crippen LogP contribution in [0.25, 0.3) is 0 Å². The van der Waals surface area contributed by atoms with Crippen molar-refractivity contribution in [1.29, 1.82) is 0 Å². The highest BCUT2D eigenvalue weighted by Crippen LogP contribution is 2.40. The zero-order valence-electron chi connectivity index (χ0n) is 6.97. The maximum Gasteiger partial charge on any atom is 0.148 e. The first-order valence-electron chi connectivity index (χ1n) is 3.94. The molecule has 0 aromatic heterocycles. The van der Waals surface area contributed by atoms with Crippen LogP contribution in [-0.4, -0.2) is 10.3 Å². The maximum absolute atomic E-state index is 11.3. The van der Waals surface area contributed by atoms with E-state index in [0.717, 1.165) is 5.56 Å².